The molecule has 0 aliphatic carbocycles. The fourth-order valence-electron chi connectivity index (χ4n) is 2.60. The van der Waals surface area contributed by atoms with Crippen LogP contribution < -0.4 is 10.5 Å². The van der Waals surface area contributed by atoms with E-state index in [9.17, 15) is 4.79 Å². The Labute approximate surface area is 126 Å². The topological polar surface area (TPSA) is 64.8 Å². The number of nitrogens with zero attached hydrogens (tertiary/aromatic N) is 1. The highest BCUT2D eigenvalue weighted by atomic mass is 16.5. The first-order valence-corrected chi connectivity index (χ1v) is 7.56. The predicted octanol–water partition coefficient (Wildman–Crippen LogP) is 1.42. The molecule has 0 bridgehead atoms. The van der Waals surface area contributed by atoms with Crippen LogP contribution in [0.3, 0.4) is 0 Å². The van der Waals surface area contributed by atoms with Gasteiger partial charge in [0.1, 0.15) is 12.4 Å². The lowest BCUT2D eigenvalue weighted by molar-refractivity contribution is -0.124. The van der Waals surface area contributed by atoms with Crippen molar-refractivity contribution >= 4 is 5.91 Å². The van der Waals surface area contributed by atoms with Gasteiger partial charge in [0.15, 0.2) is 0 Å². The molecule has 0 spiro atoms. The Balaban J connectivity index is 1.57. The molecule has 0 aromatic heterocycles. The molecular formula is C16H24N2O3. The molecule has 0 radical (unpaired) electrons. The molecule has 2 N–H and O–H groups in total. The molecule has 1 aliphatic heterocycles. The molecule has 21 heavy (non-hydrogen) atoms. The van der Waals surface area contributed by atoms with E-state index in [1.807, 2.05) is 30.3 Å². The number of amides is 1. The largest absolute Gasteiger partial charge is 0.491 e. The van der Waals surface area contributed by atoms with Gasteiger partial charge < -0.3 is 15.2 Å². The van der Waals surface area contributed by atoms with Crippen molar-refractivity contribution in [3.05, 3.63) is 30.3 Å². The van der Waals surface area contributed by atoms with Crippen LogP contribution in [-0.4, -0.2) is 49.8 Å². The highest BCUT2D eigenvalue weighted by Crippen LogP contribution is 2.16. The minimum Gasteiger partial charge on any atom is -0.491 e. The van der Waals surface area contributed by atoms with Crippen molar-refractivity contribution in [1.82, 2.24) is 4.90 Å². The first kappa shape index (κ1) is 15.8. The number of ether oxygens (including phenoxy) is 2. The van der Waals surface area contributed by atoms with E-state index >= 15 is 0 Å². The Morgan fingerprint density at radius 1 is 1.19 bits per heavy atom. The molecule has 0 unspecified atom stereocenters. The molecular weight excluding hydrogens is 268 g/mol. The molecule has 0 saturated carbocycles. The molecule has 2 rings (SSSR count). The lowest BCUT2D eigenvalue weighted by Crippen LogP contribution is -2.48. The van der Waals surface area contributed by atoms with E-state index in [4.69, 9.17) is 15.2 Å². The molecule has 1 saturated heterocycles. The number of benzene rings is 1. The Hall–Kier alpha value is -1.59. The van der Waals surface area contributed by atoms with Crippen molar-refractivity contribution in [2.75, 3.05) is 32.9 Å². The fraction of sp³-hybridized carbons (Fsp3) is 0.562. The Morgan fingerprint density at radius 2 is 2.00 bits per heavy atom. The second kappa shape index (κ2) is 8.64. The van der Waals surface area contributed by atoms with E-state index in [1.54, 1.807) is 0 Å². The SMILES string of the molecule is NC(=O)[C@@H]1CCCCN1CCOCCOc1ccccc1. The molecule has 1 aromatic carbocycles. The van der Waals surface area contributed by atoms with Crippen LogP contribution in [0.15, 0.2) is 30.3 Å². The van der Waals surface area contributed by atoms with Gasteiger partial charge in [0.05, 0.1) is 19.3 Å². The van der Waals surface area contributed by atoms with Gasteiger partial charge >= 0.3 is 0 Å². The molecule has 116 valence electrons. The molecule has 1 heterocycles. The minimum atomic E-state index is -0.220. The summed E-state index contributed by atoms with van der Waals surface area (Å²) in [6, 6.07) is 9.56. The quantitative estimate of drug-likeness (QED) is 0.736. The number of carbonyl (C=O) groups is 1. The van der Waals surface area contributed by atoms with E-state index < -0.39 is 0 Å². The lowest BCUT2D eigenvalue weighted by atomic mass is 10.0. The second-order valence-corrected chi connectivity index (χ2v) is 5.22. The summed E-state index contributed by atoms with van der Waals surface area (Å²) in [4.78, 5) is 13.5. The molecule has 1 atom stereocenters. The van der Waals surface area contributed by atoms with Crippen molar-refractivity contribution in [2.24, 2.45) is 5.73 Å². The maximum absolute atomic E-state index is 11.4. The minimum absolute atomic E-state index is 0.122. The normalized spacial score (nSPS) is 19.3. The van der Waals surface area contributed by atoms with Crippen molar-refractivity contribution in [1.29, 1.82) is 0 Å². The van der Waals surface area contributed by atoms with Gasteiger partial charge in [-0.3, -0.25) is 9.69 Å². The van der Waals surface area contributed by atoms with Crippen LogP contribution in [0.4, 0.5) is 0 Å². The second-order valence-electron chi connectivity index (χ2n) is 5.22. The number of likely N-dealkylation sites (tertiary alicyclic amines) is 1. The highest BCUT2D eigenvalue weighted by molar-refractivity contribution is 5.79. The zero-order valence-electron chi connectivity index (χ0n) is 12.4. The number of piperidine rings is 1. The van der Waals surface area contributed by atoms with Crippen LogP contribution >= 0.6 is 0 Å². The first-order chi connectivity index (χ1) is 10.3. The van der Waals surface area contributed by atoms with E-state index in [0.29, 0.717) is 19.8 Å². The standard InChI is InChI=1S/C16H24N2O3/c17-16(19)15-8-4-5-9-18(15)10-11-20-12-13-21-14-6-2-1-3-7-14/h1-3,6-7,15H,4-5,8-13H2,(H2,17,19)/t15-/m0/s1. The number of carbonyl (C=O) groups excluding carboxylic acids is 1. The van der Waals surface area contributed by atoms with Gasteiger partial charge in [-0.05, 0) is 31.5 Å². The van der Waals surface area contributed by atoms with Crippen LogP contribution in [0.25, 0.3) is 0 Å². The summed E-state index contributed by atoms with van der Waals surface area (Å²) in [7, 11) is 0. The van der Waals surface area contributed by atoms with Gasteiger partial charge in [0.2, 0.25) is 5.91 Å². The molecule has 5 heteroatoms. The molecule has 1 fully saturated rings. The van der Waals surface area contributed by atoms with Crippen LogP contribution in [0.1, 0.15) is 19.3 Å². The summed E-state index contributed by atoms with van der Waals surface area (Å²) in [5.41, 5.74) is 5.43. The maximum Gasteiger partial charge on any atom is 0.234 e. The van der Waals surface area contributed by atoms with Crippen LogP contribution in [0.2, 0.25) is 0 Å². The van der Waals surface area contributed by atoms with Crippen molar-refractivity contribution in [3.63, 3.8) is 0 Å². The summed E-state index contributed by atoms with van der Waals surface area (Å²) >= 11 is 0. The first-order valence-electron chi connectivity index (χ1n) is 7.56. The predicted molar refractivity (Wildman–Crippen MR) is 81.2 cm³/mol. The third kappa shape index (κ3) is 5.36. The number of nitrogens with two attached hydrogens (primary N) is 1. The van der Waals surface area contributed by atoms with Gasteiger partial charge in [-0.1, -0.05) is 24.6 Å². The lowest BCUT2D eigenvalue weighted by Gasteiger charge is -2.33. The number of hydrogen-bond acceptors (Lipinski definition) is 4. The summed E-state index contributed by atoms with van der Waals surface area (Å²) in [5, 5.41) is 0. The van der Waals surface area contributed by atoms with E-state index in [2.05, 4.69) is 4.90 Å². The van der Waals surface area contributed by atoms with Gasteiger partial charge in [-0.2, -0.15) is 0 Å². The number of para-hydroxylation sites is 1. The van der Waals surface area contributed by atoms with Crippen molar-refractivity contribution in [2.45, 2.75) is 25.3 Å². The molecule has 1 aromatic rings. The third-order valence-electron chi connectivity index (χ3n) is 3.70. The number of hydrogen-bond donors (Lipinski definition) is 1. The fourth-order valence-corrected chi connectivity index (χ4v) is 2.60. The van der Waals surface area contributed by atoms with Gasteiger partial charge in [0.25, 0.3) is 0 Å². The number of primary amides is 1. The van der Waals surface area contributed by atoms with Gasteiger partial charge in [0, 0.05) is 6.54 Å². The van der Waals surface area contributed by atoms with Crippen LogP contribution in [-0.2, 0) is 9.53 Å². The number of rotatable bonds is 8. The average molecular weight is 292 g/mol. The monoisotopic (exact) mass is 292 g/mol. The van der Waals surface area contributed by atoms with E-state index in [1.165, 1.54) is 0 Å². The molecule has 1 aliphatic rings. The smallest absolute Gasteiger partial charge is 0.234 e. The van der Waals surface area contributed by atoms with Crippen LogP contribution in [0, 0.1) is 0 Å². The van der Waals surface area contributed by atoms with Gasteiger partial charge in [-0.15, -0.1) is 0 Å². The zero-order valence-corrected chi connectivity index (χ0v) is 12.4. The summed E-state index contributed by atoms with van der Waals surface area (Å²) in [6.45, 7) is 3.35. The third-order valence-corrected chi connectivity index (χ3v) is 3.70. The Kier molecular flexibility index (Phi) is 6.50. The summed E-state index contributed by atoms with van der Waals surface area (Å²) in [6.07, 6.45) is 3.07. The summed E-state index contributed by atoms with van der Waals surface area (Å²) in [5.74, 6) is 0.632. The van der Waals surface area contributed by atoms with E-state index in [0.717, 1.165) is 38.1 Å². The molecule has 5 nitrogen and oxygen atoms in total. The van der Waals surface area contributed by atoms with Crippen molar-refractivity contribution < 1.29 is 14.3 Å². The maximum atomic E-state index is 11.4. The summed E-state index contributed by atoms with van der Waals surface area (Å²) < 4.78 is 11.1. The average Bonchev–Trinajstić information content (AvgIpc) is 2.52. The van der Waals surface area contributed by atoms with E-state index in [-0.39, 0.29) is 11.9 Å². The van der Waals surface area contributed by atoms with Crippen molar-refractivity contribution in [3.8, 4) is 5.75 Å². The van der Waals surface area contributed by atoms with Gasteiger partial charge in [-0.25, -0.2) is 0 Å². The Morgan fingerprint density at radius 3 is 2.76 bits per heavy atom. The molecule has 1 amide bonds. The zero-order chi connectivity index (χ0) is 14.9. The highest BCUT2D eigenvalue weighted by Gasteiger charge is 2.26. The Bertz CT molecular complexity index is 425. The van der Waals surface area contributed by atoms with Crippen LogP contribution in [0.5, 0.6) is 5.75 Å².